The highest BCUT2D eigenvalue weighted by Crippen LogP contribution is 2.69. The first-order valence-electron chi connectivity index (χ1n) is 25.0. The maximum atomic E-state index is 13.4. The second-order valence-corrected chi connectivity index (χ2v) is 20.5. The average molecular weight is 920 g/mol. The van der Waals surface area contributed by atoms with E-state index in [0.29, 0.717) is 100 Å². The molecule has 2 aliphatic heterocycles. The molecule has 3 unspecified atom stereocenters. The van der Waals surface area contributed by atoms with Gasteiger partial charge in [0, 0.05) is 49.5 Å². The summed E-state index contributed by atoms with van der Waals surface area (Å²) >= 11 is 0. The number of ether oxygens (including phenoxy) is 4. The summed E-state index contributed by atoms with van der Waals surface area (Å²) < 4.78 is 22.7. The van der Waals surface area contributed by atoms with Crippen molar-refractivity contribution in [2.24, 2.45) is 34.5 Å². The number of hydrogen-bond acceptors (Lipinski definition) is 11. The number of piperidine rings is 1. The molecule has 5 fully saturated rings. The first-order valence-corrected chi connectivity index (χ1v) is 25.0. The topological polar surface area (TPSA) is 166 Å². The average Bonchev–Trinajstić information content (AvgIpc) is 3.82. The molecule has 14 nitrogen and oxygen atoms in total. The molecular formula is C53H69N5O9. The van der Waals surface area contributed by atoms with Gasteiger partial charge in [0.25, 0.3) is 11.8 Å². The second-order valence-electron chi connectivity index (χ2n) is 20.5. The van der Waals surface area contributed by atoms with Gasteiger partial charge in [-0.3, -0.25) is 39.2 Å². The van der Waals surface area contributed by atoms with E-state index in [-0.39, 0.29) is 29.9 Å². The van der Waals surface area contributed by atoms with Crippen molar-refractivity contribution < 1.29 is 42.9 Å². The van der Waals surface area contributed by atoms with Gasteiger partial charge in [-0.2, -0.15) is 0 Å². The van der Waals surface area contributed by atoms with Gasteiger partial charge in [-0.1, -0.05) is 32.0 Å². The van der Waals surface area contributed by atoms with Crippen LogP contribution in [0.15, 0.2) is 54.9 Å². The Labute approximate surface area is 394 Å². The van der Waals surface area contributed by atoms with Crippen molar-refractivity contribution in [1.82, 2.24) is 20.1 Å². The van der Waals surface area contributed by atoms with Crippen molar-refractivity contribution in [2.75, 3.05) is 71.8 Å². The second kappa shape index (κ2) is 20.5. The Morgan fingerprint density at radius 2 is 1.52 bits per heavy atom. The third kappa shape index (κ3) is 9.52. The van der Waals surface area contributed by atoms with E-state index >= 15 is 0 Å². The molecule has 6 aliphatic rings. The lowest BCUT2D eigenvalue weighted by atomic mass is 9.44. The zero-order valence-electron chi connectivity index (χ0n) is 39.6. The summed E-state index contributed by atoms with van der Waals surface area (Å²) in [7, 11) is 2.00. The molecule has 0 bridgehead atoms. The Bertz CT molecular complexity index is 2320. The Morgan fingerprint density at radius 3 is 2.30 bits per heavy atom. The first kappa shape index (κ1) is 47.3. The van der Waals surface area contributed by atoms with E-state index in [1.54, 1.807) is 18.2 Å². The van der Waals surface area contributed by atoms with Crippen LogP contribution in [0.1, 0.15) is 123 Å². The van der Waals surface area contributed by atoms with E-state index in [4.69, 9.17) is 18.9 Å². The molecule has 2 aromatic carbocycles. The van der Waals surface area contributed by atoms with Crippen molar-refractivity contribution >= 4 is 46.0 Å². The van der Waals surface area contributed by atoms with Gasteiger partial charge in [0.2, 0.25) is 17.7 Å². The van der Waals surface area contributed by atoms with Crippen molar-refractivity contribution in [3.05, 3.63) is 71.5 Å². The molecule has 1 saturated heterocycles. The van der Waals surface area contributed by atoms with Crippen LogP contribution in [-0.2, 0) is 33.3 Å². The van der Waals surface area contributed by atoms with Gasteiger partial charge < -0.3 is 29.2 Å². The quantitative estimate of drug-likeness (QED) is 0.0926. The zero-order valence-corrected chi connectivity index (χ0v) is 39.6. The maximum Gasteiger partial charge on any atom is 0.264 e. The molecule has 4 saturated carbocycles. The predicted octanol–water partition coefficient (Wildman–Crippen LogP) is 7.16. The molecule has 67 heavy (non-hydrogen) atoms. The minimum Gasteiger partial charge on any atom is -0.382 e. The number of rotatable bonds is 19. The summed E-state index contributed by atoms with van der Waals surface area (Å²) in [4.78, 5) is 71.0. The van der Waals surface area contributed by atoms with Gasteiger partial charge in [0.05, 0.1) is 70.4 Å². The highest BCUT2D eigenvalue weighted by molar-refractivity contribution is 6.25. The molecule has 2 N–H and O–H groups in total. The lowest BCUT2D eigenvalue weighted by molar-refractivity contribution is -0.141. The molecular weight excluding hydrogens is 851 g/mol. The molecule has 0 radical (unpaired) electrons. The minimum absolute atomic E-state index is 0.0668. The summed E-state index contributed by atoms with van der Waals surface area (Å²) in [5.74, 6) is 1.73. The number of amides is 5. The van der Waals surface area contributed by atoms with Gasteiger partial charge in [0.15, 0.2) is 0 Å². The minimum atomic E-state index is -1.01. The number of benzene rings is 2. The van der Waals surface area contributed by atoms with Crippen molar-refractivity contribution in [3.8, 4) is 0 Å². The number of aromatic nitrogens is 1. The van der Waals surface area contributed by atoms with Gasteiger partial charge in [-0.05, 0) is 140 Å². The summed E-state index contributed by atoms with van der Waals surface area (Å²) in [6.07, 6.45) is 15.8. The maximum absolute atomic E-state index is 13.4. The molecule has 0 spiro atoms. The molecule has 14 heteroatoms. The van der Waals surface area contributed by atoms with Gasteiger partial charge in [0.1, 0.15) is 6.04 Å². The van der Waals surface area contributed by atoms with Crippen LogP contribution >= 0.6 is 0 Å². The number of nitrogens with zero attached hydrogens (tertiary/aromatic N) is 3. The lowest BCUT2D eigenvalue weighted by Gasteiger charge is -2.61. The standard InChI is InChI=1S/C53H69N5O9/c1-52-19-15-38(32-37(52)9-10-39-42-12-11-41(53(42,2)20-16-43(39)52)35-8-7-34-17-21-54-33-36(34)31-35)57(3)47(60)18-23-64-25-27-66-29-30-67-28-26-65-24-22-55-44-6-4-5-40-48(44)51(63)58(50(40)62)45-13-14-46(59)56-49(45)61/h4-8,17,21,31,33,37-39,41-43,45,55H,9-16,18-20,22-30,32H2,1-3H3,(H,56,59,61)/t37-,38-,39?,41+,42-,43?,45?,52-,53+/m0/s1. The Kier molecular flexibility index (Phi) is 14.4. The van der Waals surface area contributed by atoms with Crippen LogP contribution in [0.5, 0.6) is 0 Å². The monoisotopic (exact) mass is 920 g/mol. The predicted molar refractivity (Wildman–Crippen MR) is 252 cm³/mol. The lowest BCUT2D eigenvalue weighted by Crippen LogP contribution is -2.55. The number of imide groups is 2. The molecule has 360 valence electrons. The Morgan fingerprint density at radius 1 is 0.791 bits per heavy atom. The van der Waals surface area contributed by atoms with Crippen molar-refractivity contribution in [3.63, 3.8) is 0 Å². The number of fused-ring (bicyclic) bond motifs is 7. The third-order valence-electron chi connectivity index (χ3n) is 17.3. The van der Waals surface area contributed by atoms with Crippen LogP contribution in [0.4, 0.5) is 5.69 Å². The fraction of sp³-hybridized carbons (Fsp3) is 0.623. The molecule has 9 rings (SSSR count). The fourth-order valence-corrected chi connectivity index (χ4v) is 13.7. The number of hydrogen-bond donors (Lipinski definition) is 2. The number of carbonyl (C=O) groups is 5. The van der Waals surface area contributed by atoms with Crippen LogP contribution < -0.4 is 10.6 Å². The van der Waals surface area contributed by atoms with Crippen LogP contribution in [0.2, 0.25) is 0 Å². The first-order chi connectivity index (χ1) is 32.5. The van der Waals surface area contributed by atoms with Gasteiger partial charge in [-0.25, -0.2) is 0 Å². The van der Waals surface area contributed by atoms with E-state index in [1.165, 1.54) is 61.3 Å². The van der Waals surface area contributed by atoms with E-state index in [9.17, 15) is 24.0 Å². The molecule has 4 aliphatic carbocycles. The van der Waals surface area contributed by atoms with Crippen molar-refractivity contribution in [2.45, 2.75) is 109 Å². The van der Waals surface area contributed by atoms with E-state index in [2.05, 4.69) is 53.7 Å². The van der Waals surface area contributed by atoms with Crippen molar-refractivity contribution in [1.29, 1.82) is 0 Å². The highest BCUT2D eigenvalue weighted by atomic mass is 16.6. The number of carbonyl (C=O) groups excluding carboxylic acids is 5. The van der Waals surface area contributed by atoms with E-state index < -0.39 is 29.7 Å². The summed E-state index contributed by atoms with van der Waals surface area (Å²) in [5.41, 5.74) is 3.17. The molecule has 3 aromatic rings. The molecule has 5 amide bonds. The summed E-state index contributed by atoms with van der Waals surface area (Å²) in [5, 5.41) is 7.91. The number of pyridine rings is 1. The van der Waals surface area contributed by atoms with Gasteiger partial charge >= 0.3 is 0 Å². The summed E-state index contributed by atoms with van der Waals surface area (Å²) in [6.45, 7) is 8.78. The van der Waals surface area contributed by atoms with Crippen LogP contribution in [0, 0.1) is 34.5 Å². The van der Waals surface area contributed by atoms with E-state index in [1.807, 2.05) is 24.3 Å². The Hall–Kier alpha value is -4.76. The summed E-state index contributed by atoms with van der Waals surface area (Å²) in [6, 6.07) is 13.5. The van der Waals surface area contributed by atoms with Gasteiger partial charge in [-0.15, -0.1) is 0 Å². The normalized spacial score (nSPS) is 30.1. The fourth-order valence-electron chi connectivity index (χ4n) is 13.7. The SMILES string of the molecule is CN(C(=O)CCOCCOCCOCCOCCNc1cccc2c1C(=O)N(C1CCC(=O)NC1=O)C2=O)[C@H]1CC[C@]2(C)C3CC[C@]4(C)[C@@H](c5ccc6ccncc6c5)CC[C@H]4C3CC[C@H]2C1. The Balaban J connectivity index is 0.611. The highest BCUT2D eigenvalue weighted by Gasteiger charge is 2.60. The number of nitrogens with one attached hydrogen (secondary N) is 2. The zero-order chi connectivity index (χ0) is 46.7. The van der Waals surface area contributed by atoms with Crippen LogP contribution in [-0.4, -0.2) is 123 Å². The molecule has 9 atom stereocenters. The smallest absolute Gasteiger partial charge is 0.264 e. The van der Waals surface area contributed by atoms with E-state index in [0.717, 1.165) is 35.5 Å². The van der Waals surface area contributed by atoms with Crippen LogP contribution in [0.3, 0.4) is 0 Å². The molecule has 1 aromatic heterocycles. The third-order valence-corrected chi connectivity index (χ3v) is 17.3. The molecule has 3 heterocycles. The largest absolute Gasteiger partial charge is 0.382 e. The number of anilines is 1. The van der Waals surface area contributed by atoms with Crippen LogP contribution in [0.25, 0.3) is 10.8 Å².